The number of carbonyl (C=O) groups is 1. The molecule has 11 nitrogen and oxygen atoms in total. The summed E-state index contributed by atoms with van der Waals surface area (Å²) in [6, 6.07) is 12.4. The van der Waals surface area contributed by atoms with Crippen LogP contribution in [0.5, 0.6) is 5.75 Å². The number of fused-ring (bicyclic) bond motifs is 1. The highest BCUT2D eigenvalue weighted by Crippen LogP contribution is 2.40. The van der Waals surface area contributed by atoms with Crippen LogP contribution >= 0.6 is 0 Å². The topological polar surface area (TPSA) is 110 Å². The normalized spacial score (nSPS) is 19.6. The van der Waals surface area contributed by atoms with Gasteiger partial charge in [-0.05, 0) is 51.0 Å². The Labute approximate surface area is 257 Å². The summed E-state index contributed by atoms with van der Waals surface area (Å²) in [5, 5.41) is 11.8. The molecule has 230 valence electrons. The molecule has 0 aliphatic carbocycles. The van der Waals surface area contributed by atoms with Crippen molar-refractivity contribution in [1.29, 1.82) is 0 Å². The Morgan fingerprint density at radius 1 is 1.07 bits per heavy atom. The largest absolute Gasteiger partial charge is 0.494 e. The van der Waals surface area contributed by atoms with Gasteiger partial charge in [0.1, 0.15) is 17.9 Å². The van der Waals surface area contributed by atoms with E-state index in [1.54, 1.807) is 7.11 Å². The first-order valence-corrected chi connectivity index (χ1v) is 15.1. The van der Waals surface area contributed by atoms with Gasteiger partial charge in [-0.2, -0.15) is 5.10 Å². The molecule has 4 aromatic rings. The third-order valence-corrected chi connectivity index (χ3v) is 8.50. The number of methoxy groups -OCH3 is 1. The van der Waals surface area contributed by atoms with Gasteiger partial charge in [0.2, 0.25) is 5.91 Å². The second-order valence-corrected chi connectivity index (χ2v) is 11.6. The summed E-state index contributed by atoms with van der Waals surface area (Å²) in [5.74, 6) is 0.971. The zero-order valence-electron chi connectivity index (χ0n) is 25.8. The average Bonchev–Trinajstić information content (AvgIpc) is 3.40. The monoisotopic (exact) mass is 596 g/mol. The minimum atomic E-state index is -0.274. The molecular formula is C33H40N8O3. The number of aryl methyl sites for hydroxylation is 1. The number of carbonyl (C=O) groups excluding carboxylic acids is 1. The lowest BCUT2D eigenvalue weighted by molar-refractivity contribution is -0.111. The van der Waals surface area contributed by atoms with Crippen molar-refractivity contribution in [3.8, 4) is 17.0 Å². The Morgan fingerprint density at radius 3 is 2.57 bits per heavy atom. The summed E-state index contributed by atoms with van der Waals surface area (Å²) in [6.07, 6.45) is 7.22. The fourth-order valence-electron chi connectivity index (χ4n) is 6.41. The van der Waals surface area contributed by atoms with Gasteiger partial charge < -0.3 is 25.0 Å². The van der Waals surface area contributed by atoms with Crippen LogP contribution in [0.25, 0.3) is 22.2 Å². The standard InChI is InChI=1S/C33H40N8O3/c1-6-33(42)38-27-14-28(37-32-15-26(34-20-35-32)23-7-8-29-24(13-23)17-36-39(29)4)31(43-5)16-30(27)40-11-9-25(10-12-40)41-18-21(2)44-22(3)19-41/h6-8,13-17,20-22,25H,1,9-12,18-19H2,2-5H3,(H,38,42)(H,34,35,37)/t21-,22+. The van der Waals surface area contributed by atoms with Gasteiger partial charge in [0.15, 0.2) is 0 Å². The van der Waals surface area contributed by atoms with Crippen molar-refractivity contribution in [1.82, 2.24) is 24.6 Å². The molecule has 44 heavy (non-hydrogen) atoms. The molecular weight excluding hydrogens is 556 g/mol. The minimum Gasteiger partial charge on any atom is -0.494 e. The lowest BCUT2D eigenvalue weighted by atomic mass is 10.00. The maximum atomic E-state index is 12.5. The number of hydrogen-bond acceptors (Lipinski definition) is 9. The van der Waals surface area contributed by atoms with Crippen LogP contribution in [0, 0.1) is 0 Å². The van der Waals surface area contributed by atoms with Gasteiger partial charge in [-0.3, -0.25) is 14.4 Å². The fourth-order valence-corrected chi connectivity index (χ4v) is 6.41. The number of hydrogen-bond donors (Lipinski definition) is 2. The first kappa shape index (κ1) is 29.6. The number of morpholine rings is 1. The number of aromatic nitrogens is 4. The van der Waals surface area contributed by atoms with E-state index in [-0.39, 0.29) is 18.1 Å². The van der Waals surface area contributed by atoms with Gasteiger partial charge in [-0.15, -0.1) is 0 Å². The van der Waals surface area contributed by atoms with E-state index in [4.69, 9.17) is 9.47 Å². The predicted molar refractivity (Wildman–Crippen MR) is 174 cm³/mol. The third-order valence-electron chi connectivity index (χ3n) is 8.50. The molecule has 0 unspecified atom stereocenters. The molecule has 1 amide bonds. The molecule has 2 aromatic carbocycles. The third kappa shape index (κ3) is 6.24. The highest BCUT2D eigenvalue weighted by molar-refractivity contribution is 6.02. The Balaban J connectivity index is 1.24. The van der Waals surface area contributed by atoms with Crippen molar-refractivity contribution >= 4 is 39.7 Å². The Hall–Kier alpha value is -4.48. The van der Waals surface area contributed by atoms with Crippen LogP contribution in [-0.2, 0) is 16.6 Å². The van der Waals surface area contributed by atoms with E-state index in [1.165, 1.54) is 12.4 Å². The van der Waals surface area contributed by atoms with Crippen LogP contribution in [0.2, 0.25) is 0 Å². The van der Waals surface area contributed by atoms with Crippen molar-refractivity contribution in [3.63, 3.8) is 0 Å². The van der Waals surface area contributed by atoms with Gasteiger partial charge in [-0.1, -0.05) is 12.6 Å². The fraction of sp³-hybridized carbons (Fsp3) is 0.394. The molecule has 2 fully saturated rings. The number of ether oxygens (including phenoxy) is 2. The number of piperidine rings is 1. The van der Waals surface area contributed by atoms with E-state index in [0.717, 1.165) is 66.9 Å². The number of rotatable bonds is 8. The van der Waals surface area contributed by atoms with Crippen LogP contribution in [0.4, 0.5) is 22.9 Å². The zero-order valence-corrected chi connectivity index (χ0v) is 25.8. The molecule has 11 heteroatoms. The van der Waals surface area contributed by atoms with Gasteiger partial charge in [0, 0.05) is 62.4 Å². The number of nitrogens with zero attached hydrogens (tertiary/aromatic N) is 6. The highest BCUT2D eigenvalue weighted by Gasteiger charge is 2.31. The van der Waals surface area contributed by atoms with Crippen molar-refractivity contribution in [3.05, 3.63) is 61.6 Å². The number of anilines is 4. The van der Waals surface area contributed by atoms with E-state index in [2.05, 4.69) is 62.0 Å². The summed E-state index contributed by atoms with van der Waals surface area (Å²) in [7, 11) is 3.57. The predicted octanol–water partition coefficient (Wildman–Crippen LogP) is 4.99. The van der Waals surface area contributed by atoms with E-state index in [1.807, 2.05) is 48.3 Å². The van der Waals surface area contributed by atoms with Crippen LogP contribution in [0.15, 0.2) is 61.6 Å². The van der Waals surface area contributed by atoms with Crippen molar-refractivity contribution in [2.24, 2.45) is 7.05 Å². The van der Waals surface area contributed by atoms with Crippen molar-refractivity contribution < 1.29 is 14.3 Å². The molecule has 2 N–H and O–H groups in total. The quantitative estimate of drug-likeness (QED) is 0.272. The van der Waals surface area contributed by atoms with Crippen molar-refractivity contribution in [2.75, 3.05) is 48.8 Å². The lowest BCUT2D eigenvalue weighted by Gasteiger charge is -2.44. The molecule has 6 rings (SSSR count). The molecule has 2 aliphatic rings. The maximum absolute atomic E-state index is 12.5. The molecule has 4 heterocycles. The van der Waals surface area contributed by atoms with Crippen LogP contribution in [0.1, 0.15) is 26.7 Å². The van der Waals surface area contributed by atoms with E-state index >= 15 is 0 Å². The van der Waals surface area contributed by atoms with E-state index < -0.39 is 0 Å². The van der Waals surface area contributed by atoms with Crippen LogP contribution < -0.4 is 20.3 Å². The number of nitrogens with one attached hydrogen (secondary N) is 2. The molecule has 2 aromatic heterocycles. The summed E-state index contributed by atoms with van der Waals surface area (Å²) < 4.78 is 13.6. The second kappa shape index (κ2) is 12.6. The first-order valence-electron chi connectivity index (χ1n) is 15.1. The Morgan fingerprint density at radius 2 is 1.84 bits per heavy atom. The lowest BCUT2D eigenvalue weighted by Crippen LogP contribution is -2.53. The van der Waals surface area contributed by atoms with Crippen LogP contribution in [-0.4, -0.2) is 82.1 Å². The smallest absolute Gasteiger partial charge is 0.247 e. The molecule has 2 aliphatic heterocycles. The molecule has 0 saturated carbocycles. The maximum Gasteiger partial charge on any atom is 0.247 e. The summed E-state index contributed by atoms with van der Waals surface area (Å²) in [6.45, 7) is 11.6. The van der Waals surface area contributed by atoms with Gasteiger partial charge in [-0.25, -0.2) is 9.97 Å². The average molecular weight is 597 g/mol. The van der Waals surface area contributed by atoms with Gasteiger partial charge in [0.05, 0.1) is 53.8 Å². The molecule has 0 bridgehead atoms. The van der Waals surface area contributed by atoms with E-state index in [9.17, 15) is 4.79 Å². The van der Waals surface area contributed by atoms with E-state index in [0.29, 0.717) is 29.0 Å². The number of benzene rings is 2. The summed E-state index contributed by atoms with van der Waals surface area (Å²) >= 11 is 0. The highest BCUT2D eigenvalue weighted by atomic mass is 16.5. The van der Waals surface area contributed by atoms with Gasteiger partial charge in [0.25, 0.3) is 0 Å². The molecule has 2 atom stereocenters. The first-order chi connectivity index (χ1) is 21.3. The Kier molecular flexibility index (Phi) is 8.49. The molecule has 0 spiro atoms. The summed E-state index contributed by atoms with van der Waals surface area (Å²) in [4.78, 5) is 26.4. The van der Waals surface area contributed by atoms with Crippen LogP contribution in [0.3, 0.4) is 0 Å². The number of amides is 1. The van der Waals surface area contributed by atoms with Gasteiger partial charge >= 0.3 is 0 Å². The second-order valence-electron chi connectivity index (χ2n) is 11.6. The Bertz CT molecular complexity index is 1650. The zero-order chi connectivity index (χ0) is 30.8. The summed E-state index contributed by atoms with van der Waals surface area (Å²) in [5.41, 5.74) is 5.06. The molecule has 2 saturated heterocycles. The van der Waals surface area contributed by atoms with Crippen molar-refractivity contribution in [2.45, 2.75) is 44.9 Å². The molecule has 0 radical (unpaired) electrons. The minimum absolute atomic E-state index is 0.248. The SMILES string of the molecule is C=CC(=O)Nc1cc(Nc2cc(-c3ccc4c(cnn4C)c3)ncn2)c(OC)cc1N1CCC(N2C[C@@H](C)O[C@@H](C)C2)CC1.